The minimum absolute atomic E-state index is 0.895. The van der Waals surface area contributed by atoms with Crippen molar-refractivity contribution in [3.63, 3.8) is 0 Å². The van der Waals surface area contributed by atoms with Crippen molar-refractivity contribution < 1.29 is 0 Å². The topological polar surface area (TPSA) is 28.2 Å². The molecule has 0 fully saturated rings. The van der Waals surface area contributed by atoms with E-state index in [0.29, 0.717) is 0 Å². The molecule has 21 heavy (non-hydrogen) atoms. The first-order chi connectivity index (χ1) is 10.1. The molecule has 112 valence electrons. The largest absolute Gasteiger partial charge is 0.329 e. The standard InChI is InChI=1S/C18H25N3/c1-5-10-19-13-16-11-15(3)20-18(12-16)21(4)17-8-6-14(2)7-9-17/h6-9,11-12,19H,5,10,13H2,1-4H3. The quantitative estimate of drug-likeness (QED) is 0.813. The van der Waals surface area contributed by atoms with Crippen LogP contribution in [0.1, 0.15) is 30.2 Å². The van der Waals surface area contributed by atoms with E-state index in [1.165, 1.54) is 11.1 Å². The number of nitrogens with zero attached hydrogens (tertiary/aromatic N) is 2. The minimum atomic E-state index is 0.895. The lowest BCUT2D eigenvalue weighted by Crippen LogP contribution is -2.16. The van der Waals surface area contributed by atoms with E-state index >= 15 is 0 Å². The van der Waals surface area contributed by atoms with Gasteiger partial charge in [-0.1, -0.05) is 24.6 Å². The molecule has 1 aromatic carbocycles. The lowest BCUT2D eigenvalue weighted by atomic mass is 10.2. The molecular formula is C18H25N3. The van der Waals surface area contributed by atoms with Crippen molar-refractivity contribution in [3.8, 4) is 0 Å². The van der Waals surface area contributed by atoms with Gasteiger partial charge in [-0.05, 0) is 56.6 Å². The van der Waals surface area contributed by atoms with Gasteiger partial charge in [0.1, 0.15) is 5.82 Å². The molecule has 3 nitrogen and oxygen atoms in total. The molecule has 1 heterocycles. The highest BCUT2D eigenvalue weighted by Gasteiger charge is 2.07. The van der Waals surface area contributed by atoms with Crippen molar-refractivity contribution in [3.05, 3.63) is 53.2 Å². The van der Waals surface area contributed by atoms with E-state index in [0.717, 1.165) is 36.7 Å². The zero-order valence-corrected chi connectivity index (χ0v) is 13.5. The summed E-state index contributed by atoms with van der Waals surface area (Å²) in [6, 6.07) is 12.8. The van der Waals surface area contributed by atoms with Crippen LogP contribution < -0.4 is 10.2 Å². The van der Waals surface area contributed by atoms with Gasteiger partial charge in [0, 0.05) is 25.0 Å². The third-order valence-corrected chi connectivity index (χ3v) is 3.52. The van der Waals surface area contributed by atoms with E-state index in [1.54, 1.807) is 0 Å². The van der Waals surface area contributed by atoms with Gasteiger partial charge in [0.05, 0.1) is 0 Å². The molecular weight excluding hydrogens is 258 g/mol. The van der Waals surface area contributed by atoms with Crippen LogP contribution in [0.2, 0.25) is 0 Å². The first-order valence-electron chi connectivity index (χ1n) is 7.59. The van der Waals surface area contributed by atoms with Crippen LogP contribution in [0.3, 0.4) is 0 Å². The second-order valence-corrected chi connectivity index (χ2v) is 5.55. The third-order valence-electron chi connectivity index (χ3n) is 3.52. The summed E-state index contributed by atoms with van der Waals surface area (Å²) in [5.74, 6) is 0.993. The summed E-state index contributed by atoms with van der Waals surface area (Å²) in [4.78, 5) is 6.79. The maximum atomic E-state index is 4.66. The molecule has 0 spiro atoms. The van der Waals surface area contributed by atoms with E-state index < -0.39 is 0 Å². The summed E-state index contributed by atoms with van der Waals surface area (Å²) >= 11 is 0. The van der Waals surface area contributed by atoms with E-state index in [4.69, 9.17) is 0 Å². The summed E-state index contributed by atoms with van der Waals surface area (Å²) in [6.07, 6.45) is 1.15. The van der Waals surface area contributed by atoms with Crippen LogP contribution in [0.5, 0.6) is 0 Å². The Bertz CT molecular complexity index is 576. The monoisotopic (exact) mass is 283 g/mol. The molecule has 0 atom stereocenters. The fourth-order valence-corrected chi connectivity index (χ4v) is 2.31. The van der Waals surface area contributed by atoms with Crippen LogP contribution in [0.25, 0.3) is 0 Å². The predicted octanol–water partition coefficient (Wildman–Crippen LogP) is 3.97. The van der Waals surface area contributed by atoms with E-state index in [9.17, 15) is 0 Å². The number of aryl methyl sites for hydroxylation is 2. The lowest BCUT2D eigenvalue weighted by Gasteiger charge is -2.20. The molecule has 0 saturated heterocycles. The second kappa shape index (κ2) is 7.23. The van der Waals surface area contributed by atoms with Crippen molar-refractivity contribution in [2.45, 2.75) is 33.7 Å². The van der Waals surface area contributed by atoms with E-state index in [2.05, 4.69) is 79.4 Å². The Hall–Kier alpha value is -1.87. The summed E-state index contributed by atoms with van der Waals surface area (Å²) in [6.45, 7) is 8.28. The van der Waals surface area contributed by atoms with Gasteiger partial charge in [0.15, 0.2) is 0 Å². The zero-order valence-electron chi connectivity index (χ0n) is 13.5. The summed E-state index contributed by atoms with van der Waals surface area (Å²) in [5.41, 5.74) is 4.77. The van der Waals surface area contributed by atoms with Crippen LogP contribution >= 0.6 is 0 Å². The molecule has 3 heteroatoms. The molecule has 1 aromatic heterocycles. The van der Waals surface area contributed by atoms with Crippen LogP contribution in [-0.2, 0) is 6.54 Å². The van der Waals surface area contributed by atoms with Crippen LogP contribution in [-0.4, -0.2) is 18.6 Å². The lowest BCUT2D eigenvalue weighted by molar-refractivity contribution is 0.674. The predicted molar refractivity (Wildman–Crippen MR) is 90.2 cm³/mol. The molecule has 0 unspecified atom stereocenters. The fraction of sp³-hybridized carbons (Fsp3) is 0.389. The number of pyridine rings is 1. The Morgan fingerprint density at radius 2 is 1.81 bits per heavy atom. The third kappa shape index (κ3) is 4.30. The number of hydrogen-bond acceptors (Lipinski definition) is 3. The smallest absolute Gasteiger partial charge is 0.133 e. The number of aromatic nitrogens is 1. The highest BCUT2D eigenvalue weighted by atomic mass is 15.2. The van der Waals surface area contributed by atoms with Gasteiger partial charge in [-0.2, -0.15) is 0 Å². The van der Waals surface area contributed by atoms with Crippen LogP contribution in [0.15, 0.2) is 36.4 Å². The highest BCUT2D eigenvalue weighted by molar-refractivity contribution is 5.60. The van der Waals surface area contributed by atoms with Gasteiger partial charge < -0.3 is 10.2 Å². The molecule has 0 saturated carbocycles. The Morgan fingerprint density at radius 3 is 2.48 bits per heavy atom. The molecule has 0 bridgehead atoms. The van der Waals surface area contributed by atoms with Gasteiger partial charge in [-0.15, -0.1) is 0 Å². The first kappa shape index (κ1) is 15.5. The van der Waals surface area contributed by atoms with Gasteiger partial charge in [0.25, 0.3) is 0 Å². The van der Waals surface area contributed by atoms with Gasteiger partial charge in [0.2, 0.25) is 0 Å². The Kier molecular flexibility index (Phi) is 5.34. The molecule has 0 aliphatic heterocycles. The fourth-order valence-electron chi connectivity index (χ4n) is 2.31. The second-order valence-electron chi connectivity index (χ2n) is 5.55. The summed E-state index contributed by atoms with van der Waals surface area (Å²) in [5, 5.41) is 3.45. The molecule has 0 aliphatic rings. The van der Waals surface area contributed by atoms with Crippen LogP contribution in [0, 0.1) is 13.8 Å². The van der Waals surface area contributed by atoms with Crippen LogP contribution in [0.4, 0.5) is 11.5 Å². The number of benzene rings is 1. The average molecular weight is 283 g/mol. The van der Waals surface area contributed by atoms with Crippen molar-refractivity contribution in [2.24, 2.45) is 0 Å². The SMILES string of the molecule is CCCNCc1cc(C)nc(N(C)c2ccc(C)cc2)c1. The van der Waals surface area contributed by atoms with E-state index in [1.807, 2.05) is 0 Å². The van der Waals surface area contributed by atoms with Crippen molar-refractivity contribution in [1.29, 1.82) is 0 Å². The molecule has 0 amide bonds. The molecule has 0 radical (unpaired) electrons. The maximum Gasteiger partial charge on any atom is 0.133 e. The Balaban J connectivity index is 2.20. The highest BCUT2D eigenvalue weighted by Crippen LogP contribution is 2.23. The first-order valence-corrected chi connectivity index (χ1v) is 7.59. The van der Waals surface area contributed by atoms with Gasteiger partial charge in [-0.25, -0.2) is 4.98 Å². The molecule has 2 aromatic rings. The number of hydrogen-bond donors (Lipinski definition) is 1. The van der Waals surface area contributed by atoms with Crippen molar-refractivity contribution in [1.82, 2.24) is 10.3 Å². The number of rotatable bonds is 6. The summed E-state index contributed by atoms with van der Waals surface area (Å²) < 4.78 is 0. The van der Waals surface area contributed by atoms with Gasteiger partial charge >= 0.3 is 0 Å². The Labute approximate surface area is 128 Å². The van der Waals surface area contributed by atoms with Gasteiger partial charge in [-0.3, -0.25) is 0 Å². The number of anilines is 2. The normalized spacial score (nSPS) is 10.7. The molecule has 0 aliphatic carbocycles. The van der Waals surface area contributed by atoms with E-state index in [-0.39, 0.29) is 0 Å². The maximum absolute atomic E-state index is 4.66. The summed E-state index contributed by atoms with van der Waals surface area (Å²) in [7, 11) is 2.07. The zero-order chi connectivity index (χ0) is 15.2. The minimum Gasteiger partial charge on any atom is -0.329 e. The molecule has 2 rings (SSSR count). The average Bonchev–Trinajstić information content (AvgIpc) is 2.47. The number of nitrogens with one attached hydrogen (secondary N) is 1. The molecule has 1 N–H and O–H groups in total. The van der Waals surface area contributed by atoms with Crippen molar-refractivity contribution >= 4 is 11.5 Å². The Morgan fingerprint density at radius 1 is 1.10 bits per heavy atom. The van der Waals surface area contributed by atoms with Crippen molar-refractivity contribution in [2.75, 3.05) is 18.5 Å².